The molecule has 0 radical (unpaired) electrons. The number of hydrogen-bond acceptors (Lipinski definition) is 5. The first-order chi connectivity index (χ1) is 21.3. The van der Waals surface area contributed by atoms with Crippen LogP contribution in [0.2, 0.25) is 10.0 Å². The number of fused-ring (bicyclic) bond motifs is 8. The zero-order valence-corrected chi connectivity index (χ0v) is 25.9. The molecule has 0 saturated heterocycles. The highest BCUT2D eigenvalue weighted by Crippen LogP contribution is 2.63. The van der Waals surface area contributed by atoms with E-state index in [4.69, 9.17) is 32.7 Å². The normalized spacial score (nSPS) is 17.4. The minimum Gasteiger partial charge on any atom is -0.493 e. The molecule has 0 unspecified atom stereocenters. The lowest BCUT2D eigenvalue weighted by molar-refractivity contribution is 0.353. The minimum atomic E-state index is -1.09. The minimum absolute atomic E-state index is 0.313. The van der Waals surface area contributed by atoms with E-state index in [-0.39, 0.29) is 0 Å². The van der Waals surface area contributed by atoms with Crippen LogP contribution in [0.1, 0.15) is 39.3 Å². The number of ether oxygens (including phenoxy) is 2. The Kier molecular flexibility index (Phi) is 6.70. The van der Waals surface area contributed by atoms with Gasteiger partial charge in [0.25, 0.3) is 0 Å². The number of allylic oxidation sites excluding steroid dienone is 3. The summed E-state index contributed by atoms with van der Waals surface area (Å²) in [5.74, 6) is 0.840. The van der Waals surface area contributed by atoms with Crippen molar-refractivity contribution in [2.45, 2.75) is 24.7 Å². The molecular formula is C37H27Cl2N3O2. The Morgan fingerprint density at radius 3 is 1.98 bits per heavy atom. The Morgan fingerprint density at radius 2 is 1.41 bits per heavy atom. The van der Waals surface area contributed by atoms with Crippen LogP contribution in [0.3, 0.4) is 0 Å². The van der Waals surface area contributed by atoms with Gasteiger partial charge in [0.1, 0.15) is 11.8 Å². The lowest BCUT2D eigenvalue weighted by Crippen LogP contribution is -2.35. The van der Waals surface area contributed by atoms with Crippen molar-refractivity contribution in [1.29, 1.82) is 10.5 Å². The summed E-state index contributed by atoms with van der Waals surface area (Å²) in [7, 11) is 3.24. The van der Waals surface area contributed by atoms with E-state index in [1.54, 1.807) is 14.2 Å². The third kappa shape index (κ3) is 3.90. The van der Waals surface area contributed by atoms with Crippen LogP contribution in [0.25, 0.3) is 16.8 Å². The van der Waals surface area contributed by atoms with Gasteiger partial charge in [-0.25, -0.2) is 0 Å². The van der Waals surface area contributed by atoms with Crippen molar-refractivity contribution in [1.82, 2.24) is 4.90 Å². The summed E-state index contributed by atoms with van der Waals surface area (Å²) in [6.45, 7) is 2.57. The molecule has 1 spiro atoms. The van der Waals surface area contributed by atoms with Gasteiger partial charge >= 0.3 is 0 Å². The molecule has 0 N–H and O–H groups in total. The molecule has 0 saturated carbocycles. The van der Waals surface area contributed by atoms with Gasteiger partial charge in [-0.15, -0.1) is 0 Å². The molecule has 216 valence electrons. The second-order valence-electron chi connectivity index (χ2n) is 11.3. The van der Waals surface area contributed by atoms with Gasteiger partial charge in [0.2, 0.25) is 0 Å². The Bertz CT molecular complexity index is 1960. The topological polar surface area (TPSA) is 69.3 Å². The Balaban J connectivity index is 1.67. The summed E-state index contributed by atoms with van der Waals surface area (Å²) in [5, 5.41) is 23.2. The van der Waals surface area contributed by atoms with E-state index < -0.39 is 11.3 Å². The number of aryl methyl sites for hydroxylation is 1. The first kappa shape index (κ1) is 28.1. The van der Waals surface area contributed by atoms with Crippen LogP contribution in [0.15, 0.2) is 90.1 Å². The van der Waals surface area contributed by atoms with Gasteiger partial charge in [0, 0.05) is 33.8 Å². The van der Waals surface area contributed by atoms with Gasteiger partial charge in [-0.1, -0.05) is 71.2 Å². The second kappa shape index (κ2) is 10.5. The van der Waals surface area contributed by atoms with Crippen LogP contribution < -0.4 is 9.47 Å². The smallest absolute Gasteiger partial charge is 0.161 e. The van der Waals surface area contributed by atoms with Crippen molar-refractivity contribution in [3.8, 4) is 34.8 Å². The molecular weight excluding hydrogens is 589 g/mol. The number of nitrogens with zero attached hydrogens (tertiary/aromatic N) is 3. The maximum absolute atomic E-state index is 11.2. The third-order valence-electron chi connectivity index (χ3n) is 9.23. The standard InChI is InChI=1S/C37H27Cl2N3O2/c1-21-4-6-22(7-5-21)29-18-33-28-17-36(44-3)35(43-2)14-23(28)12-13-42(33)34(20-41)32(19-40)37(29)30-15-24(38)8-10-26(30)27-11-9-25(39)16-31(27)37/h4-11,14-18,29H,12-13H2,1-3H3/t29-/m1/s1. The molecule has 44 heavy (non-hydrogen) atoms. The summed E-state index contributed by atoms with van der Waals surface area (Å²) in [4.78, 5) is 2.00. The number of halogens is 2. The zero-order valence-electron chi connectivity index (χ0n) is 24.4. The molecule has 0 fully saturated rings. The summed E-state index contributed by atoms with van der Waals surface area (Å²) in [5.41, 5.74) is 8.26. The molecule has 0 bridgehead atoms. The third-order valence-corrected chi connectivity index (χ3v) is 9.70. The first-order valence-electron chi connectivity index (χ1n) is 14.3. The van der Waals surface area contributed by atoms with E-state index in [1.165, 1.54) is 0 Å². The van der Waals surface area contributed by atoms with Gasteiger partial charge in [0.15, 0.2) is 11.5 Å². The molecule has 1 aliphatic carbocycles. The summed E-state index contributed by atoms with van der Waals surface area (Å²) < 4.78 is 11.3. The number of methoxy groups -OCH3 is 2. The van der Waals surface area contributed by atoms with Crippen molar-refractivity contribution in [3.63, 3.8) is 0 Å². The second-order valence-corrected chi connectivity index (χ2v) is 12.2. The zero-order chi connectivity index (χ0) is 30.7. The average Bonchev–Trinajstić information content (AvgIpc) is 3.22. The Hall–Kier alpha value is -4.68. The van der Waals surface area contributed by atoms with Gasteiger partial charge in [-0.05, 0) is 83.1 Å². The van der Waals surface area contributed by atoms with Crippen LogP contribution in [0.5, 0.6) is 11.5 Å². The van der Waals surface area contributed by atoms with Crippen LogP contribution in [-0.4, -0.2) is 25.7 Å². The van der Waals surface area contributed by atoms with Gasteiger partial charge in [-0.2, -0.15) is 10.5 Å². The highest BCUT2D eigenvalue weighted by molar-refractivity contribution is 6.31. The van der Waals surface area contributed by atoms with Crippen LogP contribution >= 0.6 is 23.2 Å². The quantitative estimate of drug-likeness (QED) is 0.231. The van der Waals surface area contributed by atoms with Crippen molar-refractivity contribution in [2.24, 2.45) is 0 Å². The van der Waals surface area contributed by atoms with Crippen molar-refractivity contribution in [3.05, 3.63) is 134 Å². The molecule has 4 aromatic rings. The van der Waals surface area contributed by atoms with E-state index in [1.807, 2.05) is 53.4 Å². The summed E-state index contributed by atoms with van der Waals surface area (Å²) >= 11 is 13.5. The predicted octanol–water partition coefficient (Wildman–Crippen LogP) is 8.58. The fourth-order valence-corrected chi connectivity index (χ4v) is 7.66. The van der Waals surface area contributed by atoms with E-state index in [9.17, 15) is 10.5 Å². The van der Waals surface area contributed by atoms with E-state index in [0.29, 0.717) is 45.8 Å². The van der Waals surface area contributed by atoms with Crippen molar-refractivity contribution < 1.29 is 9.47 Å². The average molecular weight is 617 g/mol. The van der Waals surface area contributed by atoms with Gasteiger partial charge in [-0.3, -0.25) is 0 Å². The molecule has 3 aliphatic rings. The largest absolute Gasteiger partial charge is 0.493 e. The molecule has 1 atom stereocenters. The lowest BCUT2D eigenvalue weighted by Gasteiger charge is -2.38. The highest BCUT2D eigenvalue weighted by atomic mass is 35.5. The van der Waals surface area contributed by atoms with Crippen LogP contribution in [0.4, 0.5) is 0 Å². The number of benzene rings is 4. The fraction of sp³-hybridized carbons (Fsp3) is 0.189. The summed E-state index contributed by atoms with van der Waals surface area (Å²) in [6.07, 6.45) is 2.88. The van der Waals surface area contributed by atoms with E-state index >= 15 is 0 Å². The molecule has 2 aliphatic heterocycles. The fourth-order valence-electron chi connectivity index (χ4n) is 7.32. The maximum atomic E-state index is 11.2. The number of hydrogen-bond donors (Lipinski definition) is 0. The first-order valence-corrected chi connectivity index (χ1v) is 15.1. The lowest BCUT2D eigenvalue weighted by atomic mass is 9.61. The molecule has 4 aromatic carbocycles. The highest BCUT2D eigenvalue weighted by Gasteiger charge is 2.55. The Labute approximate surface area is 266 Å². The molecule has 5 nitrogen and oxygen atoms in total. The SMILES string of the molecule is COc1cc2c(cc1OC)C1=C[C@H](c3ccc(C)cc3)C3(C(C#N)=C(C#N)N1CC2)c1cc(Cl)ccc1-c1ccc(Cl)cc13. The summed E-state index contributed by atoms with van der Waals surface area (Å²) in [6, 6.07) is 29.0. The van der Waals surface area contributed by atoms with Crippen LogP contribution in [0, 0.1) is 29.6 Å². The molecule has 7 rings (SSSR count). The number of rotatable bonds is 3. The Morgan fingerprint density at radius 1 is 0.795 bits per heavy atom. The van der Waals surface area contributed by atoms with E-state index in [0.717, 1.165) is 50.2 Å². The molecule has 0 aromatic heterocycles. The number of nitriles is 2. The van der Waals surface area contributed by atoms with Gasteiger partial charge in [0.05, 0.1) is 31.3 Å². The monoisotopic (exact) mass is 615 g/mol. The van der Waals surface area contributed by atoms with E-state index in [2.05, 4.69) is 49.4 Å². The molecule has 7 heteroatoms. The van der Waals surface area contributed by atoms with Crippen molar-refractivity contribution in [2.75, 3.05) is 20.8 Å². The van der Waals surface area contributed by atoms with Crippen LogP contribution in [-0.2, 0) is 11.8 Å². The molecule has 0 amide bonds. The predicted molar refractivity (Wildman–Crippen MR) is 173 cm³/mol. The molecule has 2 heterocycles. The van der Waals surface area contributed by atoms with Gasteiger partial charge < -0.3 is 14.4 Å². The van der Waals surface area contributed by atoms with Crippen molar-refractivity contribution >= 4 is 28.9 Å². The maximum Gasteiger partial charge on any atom is 0.161 e.